The highest BCUT2D eigenvalue weighted by atomic mass is 32.1. The summed E-state index contributed by atoms with van der Waals surface area (Å²) < 4.78 is 9.81. The van der Waals surface area contributed by atoms with Crippen LogP contribution >= 0.6 is 11.5 Å². The molecule has 4 nitrogen and oxygen atoms in total. The molecule has 0 unspecified atom stereocenters. The number of carbonyl (C=O) groups excluding carboxylic acids is 1. The molecule has 1 heterocycles. The molecule has 4 aromatic rings. The molecule has 0 spiro atoms. The Hall–Kier alpha value is -3.31. The van der Waals surface area contributed by atoms with Gasteiger partial charge in [-0.25, -0.2) is 9.78 Å². The SMILES string of the molecule is O=C(Oc1ccc(-c2nsc(-c3ccccc3)n2)cc1)c1ccccc1. The number of benzene rings is 3. The van der Waals surface area contributed by atoms with E-state index in [4.69, 9.17) is 4.74 Å². The number of hydrogen-bond acceptors (Lipinski definition) is 5. The van der Waals surface area contributed by atoms with Crippen molar-refractivity contribution < 1.29 is 9.53 Å². The lowest BCUT2D eigenvalue weighted by Gasteiger charge is -2.04. The molecule has 0 saturated heterocycles. The van der Waals surface area contributed by atoms with Crippen LogP contribution in [-0.2, 0) is 0 Å². The predicted molar refractivity (Wildman–Crippen MR) is 102 cm³/mol. The largest absolute Gasteiger partial charge is 0.423 e. The molecule has 1 aromatic heterocycles. The minimum atomic E-state index is -0.378. The van der Waals surface area contributed by atoms with Crippen molar-refractivity contribution in [1.29, 1.82) is 0 Å². The number of ether oxygens (including phenoxy) is 1. The predicted octanol–water partition coefficient (Wildman–Crippen LogP) is 5.09. The monoisotopic (exact) mass is 358 g/mol. The highest BCUT2D eigenvalue weighted by Gasteiger charge is 2.10. The summed E-state index contributed by atoms with van der Waals surface area (Å²) in [5.41, 5.74) is 2.44. The van der Waals surface area contributed by atoms with E-state index in [1.807, 2.05) is 48.5 Å². The van der Waals surface area contributed by atoms with E-state index in [9.17, 15) is 4.79 Å². The molecule has 0 N–H and O–H groups in total. The minimum Gasteiger partial charge on any atom is -0.423 e. The summed E-state index contributed by atoms with van der Waals surface area (Å²) in [6.45, 7) is 0. The highest BCUT2D eigenvalue weighted by molar-refractivity contribution is 7.09. The molecule has 0 saturated carbocycles. The maximum absolute atomic E-state index is 12.1. The van der Waals surface area contributed by atoms with E-state index in [-0.39, 0.29) is 5.97 Å². The third-order valence-corrected chi connectivity index (χ3v) is 4.54. The first-order valence-corrected chi connectivity index (χ1v) is 8.84. The van der Waals surface area contributed by atoms with E-state index in [2.05, 4.69) is 9.36 Å². The molecule has 5 heteroatoms. The van der Waals surface area contributed by atoms with E-state index >= 15 is 0 Å². The van der Waals surface area contributed by atoms with Crippen LogP contribution in [0.25, 0.3) is 22.0 Å². The van der Waals surface area contributed by atoms with Crippen LogP contribution in [-0.4, -0.2) is 15.3 Å². The zero-order valence-electron chi connectivity index (χ0n) is 13.7. The van der Waals surface area contributed by atoms with Crippen molar-refractivity contribution in [2.24, 2.45) is 0 Å². The lowest BCUT2D eigenvalue weighted by molar-refractivity contribution is 0.0735. The van der Waals surface area contributed by atoms with Gasteiger partial charge in [-0.15, -0.1) is 0 Å². The third kappa shape index (κ3) is 3.53. The first-order chi connectivity index (χ1) is 12.8. The minimum absolute atomic E-state index is 0.378. The average Bonchev–Trinajstić information content (AvgIpc) is 3.20. The van der Waals surface area contributed by atoms with E-state index in [0.717, 1.165) is 16.1 Å². The third-order valence-electron chi connectivity index (χ3n) is 3.78. The maximum Gasteiger partial charge on any atom is 0.343 e. The summed E-state index contributed by atoms with van der Waals surface area (Å²) in [6, 6.07) is 26.1. The van der Waals surface area contributed by atoms with Gasteiger partial charge in [0.15, 0.2) is 5.82 Å². The highest BCUT2D eigenvalue weighted by Crippen LogP contribution is 2.27. The molecule has 0 atom stereocenters. The van der Waals surface area contributed by atoms with Crippen LogP contribution in [0, 0.1) is 0 Å². The van der Waals surface area contributed by atoms with Crippen molar-refractivity contribution in [3.05, 3.63) is 90.5 Å². The van der Waals surface area contributed by atoms with Crippen LogP contribution in [0.15, 0.2) is 84.9 Å². The number of esters is 1. The Morgan fingerprint density at radius 3 is 2.12 bits per heavy atom. The van der Waals surface area contributed by atoms with Crippen LogP contribution < -0.4 is 4.74 Å². The Morgan fingerprint density at radius 2 is 1.42 bits per heavy atom. The smallest absolute Gasteiger partial charge is 0.343 e. The van der Waals surface area contributed by atoms with Gasteiger partial charge in [-0.05, 0) is 47.9 Å². The summed E-state index contributed by atoms with van der Waals surface area (Å²) in [7, 11) is 0. The summed E-state index contributed by atoms with van der Waals surface area (Å²) in [4.78, 5) is 16.7. The molecule has 3 aromatic carbocycles. The fraction of sp³-hybridized carbons (Fsp3) is 0. The van der Waals surface area contributed by atoms with E-state index in [0.29, 0.717) is 17.1 Å². The lowest BCUT2D eigenvalue weighted by atomic mass is 10.2. The summed E-state index contributed by atoms with van der Waals surface area (Å²) in [6.07, 6.45) is 0. The summed E-state index contributed by atoms with van der Waals surface area (Å²) in [5, 5.41) is 0.875. The van der Waals surface area contributed by atoms with Gasteiger partial charge in [0.05, 0.1) is 5.56 Å². The zero-order chi connectivity index (χ0) is 17.8. The lowest BCUT2D eigenvalue weighted by Crippen LogP contribution is -2.07. The number of hydrogen-bond donors (Lipinski definition) is 0. The normalized spacial score (nSPS) is 10.5. The number of rotatable bonds is 4. The Bertz CT molecular complexity index is 1010. The van der Waals surface area contributed by atoms with Crippen molar-refractivity contribution in [2.75, 3.05) is 0 Å². The van der Waals surface area contributed by atoms with Crippen molar-refractivity contribution in [2.45, 2.75) is 0 Å². The molecule has 126 valence electrons. The number of nitrogens with zero attached hydrogens (tertiary/aromatic N) is 2. The Labute approximate surface area is 154 Å². The molecular formula is C21H14N2O2S. The van der Waals surface area contributed by atoms with Crippen molar-refractivity contribution in [3.63, 3.8) is 0 Å². The zero-order valence-corrected chi connectivity index (χ0v) is 14.5. The van der Waals surface area contributed by atoms with Gasteiger partial charge < -0.3 is 4.74 Å². The van der Waals surface area contributed by atoms with Gasteiger partial charge in [-0.3, -0.25) is 0 Å². The van der Waals surface area contributed by atoms with E-state index in [1.165, 1.54) is 11.5 Å². The van der Waals surface area contributed by atoms with Gasteiger partial charge in [0.2, 0.25) is 0 Å². The van der Waals surface area contributed by atoms with Crippen LogP contribution in [0.2, 0.25) is 0 Å². The molecule has 4 rings (SSSR count). The summed E-state index contributed by atoms with van der Waals surface area (Å²) >= 11 is 1.36. The molecule has 0 aliphatic carbocycles. The van der Waals surface area contributed by atoms with E-state index in [1.54, 1.807) is 36.4 Å². The van der Waals surface area contributed by atoms with Crippen LogP contribution in [0.4, 0.5) is 0 Å². The molecule has 0 fully saturated rings. The van der Waals surface area contributed by atoms with Crippen LogP contribution in [0.1, 0.15) is 10.4 Å². The van der Waals surface area contributed by atoms with Gasteiger partial charge in [-0.2, -0.15) is 4.37 Å². The molecular weight excluding hydrogens is 344 g/mol. The molecule has 26 heavy (non-hydrogen) atoms. The Balaban J connectivity index is 1.50. The topological polar surface area (TPSA) is 52.1 Å². The van der Waals surface area contributed by atoms with Crippen LogP contribution in [0.5, 0.6) is 5.75 Å². The second-order valence-electron chi connectivity index (χ2n) is 5.57. The molecule has 0 aliphatic heterocycles. The fourth-order valence-electron chi connectivity index (χ4n) is 2.45. The Morgan fingerprint density at radius 1 is 0.769 bits per heavy atom. The van der Waals surface area contributed by atoms with Gasteiger partial charge in [0.25, 0.3) is 0 Å². The Kier molecular flexibility index (Phi) is 4.53. The van der Waals surface area contributed by atoms with Crippen LogP contribution in [0.3, 0.4) is 0 Å². The second kappa shape index (κ2) is 7.29. The first kappa shape index (κ1) is 16.2. The van der Waals surface area contributed by atoms with Crippen molar-refractivity contribution >= 4 is 17.5 Å². The standard InChI is InChI=1S/C21H14N2O2S/c24-21(17-9-5-2-6-10-17)25-18-13-11-15(12-14-18)19-22-20(26-23-19)16-7-3-1-4-8-16/h1-14H. The van der Waals surface area contributed by atoms with E-state index < -0.39 is 0 Å². The second-order valence-corrected chi connectivity index (χ2v) is 6.32. The first-order valence-electron chi connectivity index (χ1n) is 8.06. The number of aromatic nitrogens is 2. The fourth-order valence-corrected chi connectivity index (χ4v) is 3.14. The molecule has 0 aliphatic rings. The van der Waals surface area contributed by atoms with Crippen molar-refractivity contribution in [3.8, 4) is 27.7 Å². The maximum atomic E-state index is 12.1. The molecule has 0 amide bonds. The van der Waals surface area contributed by atoms with Gasteiger partial charge in [0, 0.05) is 11.1 Å². The quantitative estimate of drug-likeness (QED) is 0.377. The van der Waals surface area contributed by atoms with Gasteiger partial charge >= 0.3 is 5.97 Å². The van der Waals surface area contributed by atoms with Gasteiger partial charge in [-0.1, -0.05) is 48.5 Å². The number of carbonyl (C=O) groups is 1. The van der Waals surface area contributed by atoms with Gasteiger partial charge in [0.1, 0.15) is 10.8 Å². The summed E-state index contributed by atoms with van der Waals surface area (Å²) in [5.74, 6) is 0.771. The molecule has 0 radical (unpaired) electrons. The molecule has 0 bridgehead atoms. The average molecular weight is 358 g/mol. The van der Waals surface area contributed by atoms with Crippen molar-refractivity contribution in [1.82, 2.24) is 9.36 Å².